The monoisotopic (exact) mass is 314 g/mol. The predicted molar refractivity (Wildman–Crippen MR) is 83.3 cm³/mol. The molecule has 1 heterocycles. The Balaban J connectivity index is 2.12. The zero-order chi connectivity index (χ0) is 16.7. The number of benzene rings is 1. The number of hydrogen-bond donors (Lipinski definition) is 2. The number of amides is 1. The Kier molecular flexibility index (Phi) is 5.86. The van der Waals surface area contributed by atoms with E-state index in [1.165, 1.54) is 10.2 Å². The lowest BCUT2D eigenvalue weighted by Crippen LogP contribution is -2.14. The molecule has 2 aromatic rings. The van der Waals surface area contributed by atoms with E-state index in [0.717, 1.165) is 5.56 Å². The van der Waals surface area contributed by atoms with Crippen LogP contribution in [0.25, 0.3) is 0 Å². The van der Waals surface area contributed by atoms with Crippen molar-refractivity contribution >= 4 is 5.91 Å². The summed E-state index contributed by atoms with van der Waals surface area (Å²) in [7, 11) is 0. The Labute approximate surface area is 134 Å². The average molecular weight is 314 g/mol. The molecule has 0 bridgehead atoms. The highest BCUT2D eigenvalue weighted by Crippen LogP contribution is 2.03. The van der Waals surface area contributed by atoms with E-state index in [1.807, 2.05) is 31.2 Å². The van der Waals surface area contributed by atoms with Crippen LogP contribution in [-0.2, 0) is 17.9 Å². The van der Waals surface area contributed by atoms with E-state index in [9.17, 15) is 4.79 Å². The second kappa shape index (κ2) is 8.08. The van der Waals surface area contributed by atoms with Crippen LogP contribution in [0.1, 0.15) is 27.6 Å². The van der Waals surface area contributed by atoms with Gasteiger partial charge in [0.25, 0.3) is 5.91 Å². The summed E-state index contributed by atoms with van der Waals surface area (Å²) in [5.41, 5.74) is 7.45. The van der Waals surface area contributed by atoms with Gasteiger partial charge in [0.1, 0.15) is 6.73 Å². The average Bonchev–Trinajstić information content (AvgIpc) is 2.93. The van der Waals surface area contributed by atoms with Crippen LogP contribution in [0.3, 0.4) is 0 Å². The summed E-state index contributed by atoms with van der Waals surface area (Å²) < 4.78 is 6.52. The lowest BCUT2D eigenvalue weighted by Gasteiger charge is -2.02. The maximum absolute atomic E-state index is 11.2. The van der Waals surface area contributed by atoms with Crippen LogP contribution in [0.2, 0.25) is 0 Å². The highest BCUT2D eigenvalue weighted by atomic mass is 16.5. The summed E-state index contributed by atoms with van der Waals surface area (Å²) in [6, 6.07) is 8.06. The quantitative estimate of drug-likeness (QED) is 0.587. The number of nitrogens with two attached hydrogens (primary N) is 1. The molecule has 1 aromatic heterocycles. The highest BCUT2D eigenvalue weighted by molar-refractivity contribution is 5.88. The molecule has 120 valence electrons. The molecule has 0 saturated carbocycles. The fourth-order valence-electron chi connectivity index (χ4n) is 1.78. The van der Waals surface area contributed by atoms with Crippen molar-refractivity contribution in [2.75, 3.05) is 13.2 Å². The van der Waals surface area contributed by atoms with E-state index in [1.54, 1.807) is 0 Å². The lowest BCUT2D eigenvalue weighted by molar-refractivity contribution is 0.0411. The normalized spacial score (nSPS) is 10.2. The SMILES string of the molecule is Cc1ccc(CC#Cc2nc(C(N)=O)nn2COCCO)cc1. The minimum atomic E-state index is -0.729. The summed E-state index contributed by atoms with van der Waals surface area (Å²) >= 11 is 0. The van der Waals surface area contributed by atoms with E-state index in [-0.39, 0.29) is 25.8 Å². The molecule has 0 aliphatic carbocycles. The van der Waals surface area contributed by atoms with Crippen molar-refractivity contribution in [3.63, 3.8) is 0 Å². The van der Waals surface area contributed by atoms with Gasteiger partial charge in [0.2, 0.25) is 11.6 Å². The molecule has 0 spiro atoms. The molecule has 23 heavy (non-hydrogen) atoms. The molecule has 1 aromatic carbocycles. The number of nitrogens with zero attached hydrogens (tertiary/aromatic N) is 3. The molecule has 0 aliphatic heterocycles. The number of carbonyl (C=O) groups is 1. The molecule has 2 rings (SSSR count). The standard InChI is InChI=1S/C16H18N4O3/c1-12-5-7-13(8-6-12)3-2-4-14-18-16(15(17)22)19-20(14)11-23-10-9-21/h5-8,21H,3,9-11H2,1H3,(H2,17,22). The van der Waals surface area contributed by atoms with Gasteiger partial charge in [-0.3, -0.25) is 4.79 Å². The van der Waals surface area contributed by atoms with Crippen LogP contribution < -0.4 is 5.73 Å². The number of carbonyl (C=O) groups excluding carboxylic acids is 1. The summed E-state index contributed by atoms with van der Waals surface area (Å²) in [6.07, 6.45) is 0.552. The van der Waals surface area contributed by atoms with Gasteiger partial charge in [0, 0.05) is 6.42 Å². The molecule has 0 fully saturated rings. The van der Waals surface area contributed by atoms with Crippen LogP contribution in [0.15, 0.2) is 24.3 Å². The van der Waals surface area contributed by atoms with Gasteiger partial charge in [-0.05, 0) is 18.4 Å². The number of ether oxygens (including phenoxy) is 1. The molecule has 0 aliphatic rings. The van der Waals surface area contributed by atoms with Crippen molar-refractivity contribution in [3.05, 3.63) is 47.0 Å². The van der Waals surface area contributed by atoms with E-state index in [0.29, 0.717) is 12.2 Å². The maximum Gasteiger partial charge on any atom is 0.288 e. The molecular formula is C16H18N4O3. The summed E-state index contributed by atoms with van der Waals surface area (Å²) in [6.45, 7) is 2.11. The van der Waals surface area contributed by atoms with Gasteiger partial charge in [-0.15, -0.1) is 5.10 Å². The fraction of sp³-hybridized carbons (Fsp3) is 0.312. The van der Waals surface area contributed by atoms with Crippen LogP contribution in [0.5, 0.6) is 0 Å². The van der Waals surface area contributed by atoms with Crippen molar-refractivity contribution in [3.8, 4) is 11.8 Å². The third kappa shape index (κ3) is 4.92. The van der Waals surface area contributed by atoms with Gasteiger partial charge < -0.3 is 15.6 Å². The molecule has 0 saturated heterocycles. The Bertz CT molecular complexity index is 726. The van der Waals surface area contributed by atoms with Crippen LogP contribution in [-0.4, -0.2) is 39.0 Å². The zero-order valence-corrected chi connectivity index (χ0v) is 12.8. The number of primary amides is 1. The smallest absolute Gasteiger partial charge is 0.288 e. The predicted octanol–water partition coefficient (Wildman–Crippen LogP) is 0.246. The zero-order valence-electron chi connectivity index (χ0n) is 12.8. The minimum absolute atomic E-state index is 0.0371. The van der Waals surface area contributed by atoms with Gasteiger partial charge in [-0.25, -0.2) is 4.68 Å². The third-order valence-electron chi connectivity index (χ3n) is 2.95. The molecule has 1 amide bonds. The van der Waals surface area contributed by atoms with Gasteiger partial charge >= 0.3 is 0 Å². The molecule has 0 radical (unpaired) electrons. The third-order valence-corrected chi connectivity index (χ3v) is 2.95. The molecule has 3 N–H and O–H groups in total. The maximum atomic E-state index is 11.2. The van der Waals surface area contributed by atoms with Crippen molar-refractivity contribution in [1.29, 1.82) is 0 Å². The van der Waals surface area contributed by atoms with E-state index < -0.39 is 5.91 Å². The van der Waals surface area contributed by atoms with Gasteiger partial charge in [0.15, 0.2) is 0 Å². The second-order valence-electron chi connectivity index (χ2n) is 4.85. The number of aliphatic hydroxyl groups excluding tert-OH is 1. The summed E-state index contributed by atoms with van der Waals surface area (Å²) in [5, 5.41) is 12.7. The lowest BCUT2D eigenvalue weighted by atomic mass is 10.1. The number of aliphatic hydroxyl groups is 1. The van der Waals surface area contributed by atoms with Crippen molar-refractivity contribution in [2.24, 2.45) is 5.73 Å². The van der Waals surface area contributed by atoms with Crippen molar-refractivity contribution in [2.45, 2.75) is 20.1 Å². The van der Waals surface area contributed by atoms with E-state index in [2.05, 4.69) is 21.9 Å². The van der Waals surface area contributed by atoms with E-state index in [4.69, 9.17) is 15.6 Å². The second-order valence-corrected chi connectivity index (χ2v) is 4.85. The molecule has 7 heteroatoms. The van der Waals surface area contributed by atoms with Crippen LogP contribution >= 0.6 is 0 Å². The van der Waals surface area contributed by atoms with Crippen LogP contribution in [0.4, 0.5) is 0 Å². The van der Waals surface area contributed by atoms with Gasteiger partial charge in [-0.1, -0.05) is 35.7 Å². The largest absolute Gasteiger partial charge is 0.394 e. The Morgan fingerprint density at radius 2 is 2.13 bits per heavy atom. The highest BCUT2D eigenvalue weighted by Gasteiger charge is 2.12. The first-order valence-corrected chi connectivity index (χ1v) is 7.08. The van der Waals surface area contributed by atoms with E-state index >= 15 is 0 Å². The van der Waals surface area contributed by atoms with Crippen LogP contribution in [0, 0.1) is 18.8 Å². The van der Waals surface area contributed by atoms with Gasteiger partial charge in [0.05, 0.1) is 13.2 Å². The van der Waals surface area contributed by atoms with Crippen molar-refractivity contribution < 1.29 is 14.6 Å². The van der Waals surface area contributed by atoms with Crippen molar-refractivity contribution in [1.82, 2.24) is 14.8 Å². The first kappa shape index (κ1) is 16.7. The topological polar surface area (TPSA) is 103 Å². The number of aryl methyl sites for hydroxylation is 1. The molecule has 0 atom stereocenters. The number of hydrogen-bond acceptors (Lipinski definition) is 5. The first-order chi connectivity index (χ1) is 11.1. The van der Waals surface area contributed by atoms with Gasteiger partial charge in [-0.2, -0.15) is 4.98 Å². The Morgan fingerprint density at radius 1 is 1.39 bits per heavy atom. The number of aromatic nitrogens is 3. The molecular weight excluding hydrogens is 296 g/mol. The first-order valence-electron chi connectivity index (χ1n) is 7.08. The summed E-state index contributed by atoms with van der Waals surface area (Å²) in [4.78, 5) is 15.2. The summed E-state index contributed by atoms with van der Waals surface area (Å²) in [5.74, 6) is 5.31. The Morgan fingerprint density at radius 3 is 2.78 bits per heavy atom. The fourth-order valence-corrected chi connectivity index (χ4v) is 1.78. The minimum Gasteiger partial charge on any atom is -0.394 e. The molecule has 7 nitrogen and oxygen atoms in total. The molecule has 0 unspecified atom stereocenters. The number of rotatable bonds is 6. The Hall–Kier alpha value is -2.69.